The Morgan fingerprint density at radius 3 is 1.02 bits per heavy atom. The van der Waals surface area contributed by atoms with Crippen LogP contribution < -0.4 is 62.1 Å². The van der Waals surface area contributed by atoms with Gasteiger partial charge >= 0.3 is 0 Å². The maximum absolute atomic E-state index is 13.9. The number of aromatic nitrogens is 16. The predicted octanol–water partition coefficient (Wildman–Crippen LogP) is 7.21. The molecule has 0 amide bonds. The predicted molar refractivity (Wildman–Crippen MR) is 472 cm³/mol. The number of ether oxygens (including phenoxy) is 9. The maximum atomic E-state index is 13.9. The molecule has 39 nitrogen and oxygen atoms in total. The number of piperazine rings is 1. The van der Waals surface area contributed by atoms with E-state index in [0.717, 1.165) is 38.3 Å². The fourth-order valence-corrected chi connectivity index (χ4v) is 18.1. The van der Waals surface area contributed by atoms with Crippen LogP contribution in [-0.2, 0) is 42.6 Å². The first-order valence-electron chi connectivity index (χ1n) is 44.0. The summed E-state index contributed by atoms with van der Waals surface area (Å²) in [7, 11) is 1.61. The lowest BCUT2D eigenvalue weighted by atomic mass is 9.69. The smallest absolute Gasteiger partial charge is 0.264 e. The number of hydrogen-bond acceptors (Lipinski definition) is 39. The Morgan fingerprint density at radius 1 is 0.371 bits per heavy atom. The summed E-state index contributed by atoms with van der Waals surface area (Å²) < 4.78 is 161. The molecule has 4 atom stereocenters. The van der Waals surface area contributed by atoms with E-state index >= 15 is 0 Å². The van der Waals surface area contributed by atoms with Crippen LogP contribution in [0.2, 0.25) is 0 Å². The van der Waals surface area contributed by atoms with Crippen LogP contribution in [0.3, 0.4) is 0 Å². The second-order valence-corrected chi connectivity index (χ2v) is 36.5. The Balaban J connectivity index is 0.000000128. The standard InChI is InChI=1S/C22H30F2N8O.C22H27F2N7O3.C21H29F2N7O3.C20H27F2N7O3/c1-22(2)13-33-10-9-32(22)21-28-19(16-12-26-17(25)11-15(16)18(23)24)27-20(29-21)31-7-5-30(6-8-31)14-3-4-14;1-21(2)9-32-4-3-30(21)19-27-18(13-6-26-16(25)5-12(13)17(23)24)28-20(29-19)31-14-7-33-10-22(14)11-34-8-15(22)31;1-21(2)12-33-7-5-30(21)20-27-18(15-9-25-16(24)8-14(15)17(22)23)26-19(28-20)29-4-6-32-11-13(29)10-31-3;1-20(2)11-32-6-4-29(20)19-26-17(14-8-24-15(23)7-13(14)16(21)22)25-18(27-19)28-3-5-31-10-12(28)9-30/h11-12,14,18H,3-10,13H2,1-2H3,(H2,25,26);5-6,14-15,17H,3-4,7-11H2,1-2H3,(H2,25,26);8-9,13,17H,4-7,10-12H2,1-3H3,(H2,24,25);7-8,12,16,30H,3-6,9-11H2,1-2H3,(H2,23,24)/t;;13-;12-/m..11/s1. The second-order valence-electron chi connectivity index (χ2n) is 36.5. The van der Waals surface area contributed by atoms with Gasteiger partial charge in [-0.15, -0.1) is 0 Å². The Bertz CT molecular complexity index is 5330. The lowest BCUT2D eigenvalue weighted by Crippen LogP contribution is -2.71. The quantitative estimate of drug-likeness (QED) is 0.0470. The molecule has 8 aromatic heterocycles. The topological polar surface area (TPSA) is 443 Å². The van der Waals surface area contributed by atoms with E-state index in [0.29, 0.717) is 199 Å². The van der Waals surface area contributed by atoms with E-state index in [2.05, 4.69) is 98.2 Å². The first-order chi connectivity index (χ1) is 63.2. The first kappa shape index (κ1) is 94.4. The summed E-state index contributed by atoms with van der Waals surface area (Å²) in [5.41, 5.74) is 20.5. The molecule has 714 valence electrons. The number of aliphatic hydroxyl groups is 1. The number of methoxy groups -OCH3 is 1. The van der Waals surface area contributed by atoms with Gasteiger partial charge in [0.15, 0.2) is 23.3 Å². The summed E-state index contributed by atoms with van der Waals surface area (Å²) in [6, 6.07) is 5.02. The molecule has 1 aliphatic carbocycles. The monoisotopic (exact) mass is 1850 g/mol. The van der Waals surface area contributed by atoms with E-state index in [9.17, 15) is 40.2 Å². The van der Waals surface area contributed by atoms with Gasteiger partial charge in [-0.1, -0.05) is 0 Å². The zero-order chi connectivity index (χ0) is 93.3. The van der Waals surface area contributed by atoms with Crippen molar-refractivity contribution >= 4 is 70.9 Å². The van der Waals surface area contributed by atoms with Crippen LogP contribution in [0, 0.1) is 5.41 Å². The van der Waals surface area contributed by atoms with Crippen LogP contribution in [0.1, 0.15) is 116 Å². The average molecular weight is 1850 g/mol. The van der Waals surface area contributed by atoms with Crippen LogP contribution in [-0.4, -0.2) is 334 Å². The number of anilines is 12. The molecule has 18 heterocycles. The minimum Gasteiger partial charge on any atom is -0.394 e. The number of rotatable bonds is 20. The number of hydrogen-bond donors (Lipinski definition) is 5. The van der Waals surface area contributed by atoms with Crippen molar-refractivity contribution < 1.29 is 82.9 Å². The number of alkyl halides is 8. The molecular weight excluding hydrogens is 1740 g/mol. The molecule has 47 heteroatoms. The Morgan fingerprint density at radius 2 is 0.682 bits per heavy atom. The number of pyridine rings is 4. The van der Waals surface area contributed by atoms with Crippen molar-refractivity contribution in [2.45, 2.75) is 146 Å². The van der Waals surface area contributed by atoms with Crippen LogP contribution >= 0.6 is 0 Å². The average Bonchev–Trinajstić information content (AvgIpc) is 1.51. The number of nitrogen functional groups attached to an aromatic ring is 4. The minimum absolute atomic E-state index is 0.00574. The Kier molecular flexibility index (Phi) is 28.2. The van der Waals surface area contributed by atoms with Crippen LogP contribution in [0.15, 0.2) is 49.1 Å². The Hall–Kier alpha value is -10.8. The fraction of sp³-hybridized carbons (Fsp3) is 0.624. The first-order valence-corrected chi connectivity index (χ1v) is 44.0. The maximum Gasteiger partial charge on any atom is 0.264 e. The number of nitrogens with zero attached hydrogens (tertiary/aromatic N) is 25. The lowest BCUT2D eigenvalue weighted by molar-refractivity contribution is 0.0590. The highest BCUT2D eigenvalue weighted by atomic mass is 19.3. The highest BCUT2D eigenvalue weighted by molar-refractivity contribution is 5.69. The summed E-state index contributed by atoms with van der Waals surface area (Å²) in [6.07, 6.45) is -3.31. The molecule has 132 heavy (non-hydrogen) atoms. The van der Waals surface area contributed by atoms with Gasteiger partial charge in [-0.3, -0.25) is 4.90 Å². The Labute approximate surface area is 757 Å². The SMILES string of the molecule is CC1(C)COCCN1c1nc(-c2cnc(N)cc2C(F)F)nc(N2C3COCC34COCC24)n1.CC1(C)COCCN1c1nc(-c2cnc(N)cc2C(F)F)nc(N2CCN(C3CC3)CC2)n1.CC1(C)COCCN1c1nc(-c2cnc(N)cc2C(F)F)nc(N2CCOC[C@H]2CO)n1.COC[C@@H]1COCCN1c1nc(-c2cnc(N)cc2C(F)F)nc(N2CCOCC2(C)C)n1. The molecular formula is C85H113F8N29O10. The molecule has 8 aromatic rings. The molecule has 0 bridgehead atoms. The lowest BCUT2D eigenvalue weighted by Gasteiger charge is -2.55. The summed E-state index contributed by atoms with van der Waals surface area (Å²) in [5, 5.41) is 9.81. The third-order valence-corrected chi connectivity index (χ3v) is 25.4. The van der Waals surface area contributed by atoms with Crippen LogP contribution in [0.4, 0.5) is 106 Å². The van der Waals surface area contributed by atoms with Gasteiger partial charge in [0.05, 0.1) is 171 Å². The van der Waals surface area contributed by atoms with Gasteiger partial charge in [0.25, 0.3) is 25.7 Å². The fourth-order valence-electron chi connectivity index (χ4n) is 18.1. The summed E-state index contributed by atoms with van der Waals surface area (Å²) in [4.78, 5) is 90.6. The van der Waals surface area contributed by atoms with Crippen molar-refractivity contribution in [2.75, 3.05) is 254 Å². The van der Waals surface area contributed by atoms with Gasteiger partial charge < -0.3 is 110 Å². The molecule has 2 unspecified atom stereocenters. The van der Waals surface area contributed by atoms with E-state index in [1.54, 1.807) is 7.11 Å². The van der Waals surface area contributed by atoms with Gasteiger partial charge in [0.1, 0.15) is 23.3 Å². The van der Waals surface area contributed by atoms with Crippen molar-refractivity contribution in [2.24, 2.45) is 5.41 Å². The number of halogens is 8. The normalized spacial score (nSPS) is 23.5. The largest absolute Gasteiger partial charge is 0.394 e. The van der Waals surface area contributed by atoms with E-state index in [1.165, 1.54) is 49.8 Å². The van der Waals surface area contributed by atoms with Crippen molar-refractivity contribution in [3.63, 3.8) is 0 Å². The van der Waals surface area contributed by atoms with Crippen molar-refractivity contribution in [3.05, 3.63) is 71.3 Å². The molecule has 10 aliphatic heterocycles. The molecule has 11 aliphatic rings. The van der Waals surface area contributed by atoms with Crippen molar-refractivity contribution in [3.8, 4) is 45.6 Å². The third kappa shape index (κ3) is 20.2. The molecule has 11 fully saturated rings. The van der Waals surface area contributed by atoms with Crippen LogP contribution in [0.5, 0.6) is 0 Å². The van der Waals surface area contributed by atoms with Crippen molar-refractivity contribution in [1.29, 1.82) is 0 Å². The van der Waals surface area contributed by atoms with Gasteiger partial charge in [0.2, 0.25) is 47.6 Å². The minimum atomic E-state index is -2.78. The van der Waals surface area contributed by atoms with E-state index in [1.807, 2.05) is 66.0 Å². The molecule has 10 saturated heterocycles. The van der Waals surface area contributed by atoms with Gasteiger partial charge in [0, 0.05) is 148 Å². The molecule has 19 rings (SSSR count). The molecule has 0 aromatic carbocycles. The van der Waals surface area contributed by atoms with E-state index in [-0.39, 0.29) is 144 Å². The zero-order valence-electron chi connectivity index (χ0n) is 75.2. The van der Waals surface area contributed by atoms with Gasteiger partial charge in [-0.2, -0.15) is 59.8 Å². The second kappa shape index (κ2) is 39.4. The molecule has 9 N–H and O–H groups in total. The number of nitrogens with two attached hydrogens (primary N) is 4. The van der Waals surface area contributed by atoms with Gasteiger partial charge in [-0.05, 0) is 92.5 Å². The van der Waals surface area contributed by atoms with Gasteiger partial charge in [-0.25, -0.2) is 55.1 Å². The molecule has 1 spiro atoms. The summed E-state index contributed by atoms with van der Waals surface area (Å²) in [5.74, 6) is 3.76. The zero-order valence-corrected chi connectivity index (χ0v) is 75.2. The van der Waals surface area contributed by atoms with E-state index in [4.69, 9.17) is 80.5 Å². The molecule has 0 radical (unpaired) electrons. The summed E-state index contributed by atoms with van der Waals surface area (Å²) in [6.45, 7) is 31.2. The highest BCUT2D eigenvalue weighted by Gasteiger charge is 2.68. The number of morpholine rings is 6. The van der Waals surface area contributed by atoms with Crippen LogP contribution in [0.25, 0.3) is 45.6 Å². The van der Waals surface area contributed by atoms with Crippen molar-refractivity contribution in [1.82, 2.24) is 84.6 Å². The highest BCUT2D eigenvalue weighted by Crippen LogP contribution is 2.54. The third-order valence-electron chi connectivity index (χ3n) is 25.4. The number of aliphatic hydroxyl groups excluding tert-OH is 1. The molecule has 1 saturated carbocycles. The van der Waals surface area contributed by atoms with E-state index < -0.39 is 36.8 Å². The summed E-state index contributed by atoms with van der Waals surface area (Å²) >= 11 is 0.